The summed E-state index contributed by atoms with van der Waals surface area (Å²) in [5, 5.41) is 0. The zero-order valence-corrected chi connectivity index (χ0v) is 8.47. The zero-order valence-electron chi connectivity index (χ0n) is 6.89. The van der Waals surface area contributed by atoms with Crippen LogP contribution in [-0.2, 0) is 0 Å². The monoisotopic (exact) mass is 225 g/mol. The normalized spacial score (nSPS) is 9.83. The molecule has 0 aromatic heterocycles. The highest BCUT2D eigenvalue weighted by Gasteiger charge is 1.97. The molecule has 1 rings (SSSR count). The molecular weight excluding hydrogens is 214 g/mol. The lowest BCUT2D eigenvalue weighted by Gasteiger charge is -2.03. The van der Waals surface area contributed by atoms with Crippen LogP contribution in [0.5, 0.6) is 0 Å². The van der Waals surface area contributed by atoms with Crippen LogP contribution < -0.4 is 5.73 Å². The third kappa shape index (κ3) is 2.47. The fourth-order valence-corrected chi connectivity index (χ4v) is 1.43. The molecule has 1 aromatic rings. The smallest absolute Gasteiger partial charge is 0.0181 e. The first kappa shape index (κ1) is 9.49. The van der Waals surface area contributed by atoms with Crippen LogP contribution in [0.15, 0.2) is 35.3 Å². The third-order valence-electron chi connectivity index (χ3n) is 1.68. The molecule has 0 atom stereocenters. The lowest BCUT2D eigenvalue weighted by atomic mass is 10.1. The highest BCUT2D eigenvalue weighted by molar-refractivity contribution is 9.10. The molecular formula is C10H12BrN. The van der Waals surface area contributed by atoms with Crippen LogP contribution in [-0.4, -0.2) is 6.54 Å². The molecule has 0 aliphatic heterocycles. The minimum atomic E-state index is 0.658. The topological polar surface area (TPSA) is 26.0 Å². The number of halogens is 1. The Morgan fingerprint density at radius 2 is 2.25 bits per heavy atom. The maximum atomic E-state index is 5.43. The van der Waals surface area contributed by atoms with Gasteiger partial charge in [-0.15, -0.1) is 0 Å². The Morgan fingerprint density at radius 1 is 1.50 bits per heavy atom. The molecule has 12 heavy (non-hydrogen) atoms. The Hall–Kier alpha value is -0.600. The van der Waals surface area contributed by atoms with Crippen LogP contribution in [0.1, 0.15) is 12.0 Å². The Morgan fingerprint density at radius 3 is 2.83 bits per heavy atom. The Kier molecular flexibility index (Phi) is 3.50. The van der Waals surface area contributed by atoms with Crippen molar-refractivity contribution < 1.29 is 0 Å². The maximum Gasteiger partial charge on any atom is 0.0181 e. The van der Waals surface area contributed by atoms with Gasteiger partial charge in [0.15, 0.2) is 0 Å². The average molecular weight is 226 g/mol. The first-order valence-electron chi connectivity index (χ1n) is 3.88. The zero-order chi connectivity index (χ0) is 8.97. The largest absolute Gasteiger partial charge is 0.330 e. The summed E-state index contributed by atoms with van der Waals surface area (Å²) in [5.74, 6) is 0. The molecule has 0 fully saturated rings. The molecule has 0 radical (unpaired) electrons. The quantitative estimate of drug-likeness (QED) is 0.842. The van der Waals surface area contributed by atoms with Crippen molar-refractivity contribution in [2.75, 3.05) is 6.54 Å². The minimum Gasteiger partial charge on any atom is -0.330 e. The maximum absolute atomic E-state index is 5.43. The molecule has 2 N–H and O–H groups in total. The van der Waals surface area contributed by atoms with E-state index in [2.05, 4.69) is 28.6 Å². The summed E-state index contributed by atoms with van der Waals surface area (Å²) in [7, 11) is 0. The van der Waals surface area contributed by atoms with Gasteiger partial charge in [0, 0.05) is 4.47 Å². The number of benzene rings is 1. The SMILES string of the molecule is C=C(CCN)c1cccc(Br)c1. The number of rotatable bonds is 3. The van der Waals surface area contributed by atoms with E-state index in [0.29, 0.717) is 6.54 Å². The fourth-order valence-electron chi connectivity index (χ4n) is 1.03. The molecule has 64 valence electrons. The van der Waals surface area contributed by atoms with Crippen molar-refractivity contribution in [2.24, 2.45) is 5.73 Å². The van der Waals surface area contributed by atoms with Crippen LogP contribution in [0, 0.1) is 0 Å². The molecule has 0 spiro atoms. The van der Waals surface area contributed by atoms with Crippen molar-refractivity contribution in [3.63, 3.8) is 0 Å². The summed E-state index contributed by atoms with van der Waals surface area (Å²) in [6, 6.07) is 8.10. The molecule has 0 saturated heterocycles. The minimum absolute atomic E-state index is 0.658. The molecule has 0 unspecified atom stereocenters. The van der Waals surface area contributed by atoms with Gasteiger partial charge < -0.3 is 5.73 Å². The van der Waals surface area contributed by atoms with Crippen molar-refractivity contribution in [3.8, 4) is 0 Å². The van der Waals surface area contributed by atoms with E-state index in [1.165, 1.54) is 0 Å². The summed E-state index contributed by atoms with van der Waals surface area (Å²) >= 11 is 3.41. The van der Waals surface area contributed by atoms with Gasteiger partial charge in [0.05, 0.1) is 0 Å². The highest BCUT2D eigenvalue weighted by Crippen LogP contribution is 2.19. The van der Waals surface area contributed by atoms with E-state index in [0.717, 1.165) is 22.0 Å². The second-order valence-corrected chi connectivity index (χ2v) is 3.57. The lowest BCUT2D eigenvalue weighted by molar-refractivity contribution is 1.02. The molecule has 2 heteroatoms. The van der Waals surface area contributed by atoms with Crippen LogP contribution in [0.2, 0.25) is 0 Å². The number of nitrogens with two attached hydrogens (primary N) is 1. The summed E-state index contributed by atoms with van der Waals surface area (Å²) in [4.78, 5) is 0. The number of hydrogen-bond donors (Lipinski definition) is 1. The van der Waals surface area contributed by atoms with E-state index in [9.17, 15) is 0 Å². The lowest BCUT2D eigenvalue weighted by Crippen LogP contribution is -1.99. The second kappa shape index (κ2) is 4.43. The molecule has 1 nitrogen and oxygen atoms in total. The third-order valence-corrected chi connectivity index (χ3v) is 2.17. The molecule has 1 aromatic carbocycles. The predicted octanol–water partition coefficient (Wildman–Crippen LogP) is 2.81. The first-order chi connectivity index (χ1) is 5.74. The average Bonchev–Trinajstić information content (AvgIpc) is 2.05. The van der Waals surface area contributed by atoms with Crippen molar-refractivity contribution in [2.45, 2.75) is 6.42 Å². The van der Waals surface area contributed by atoms with E-state index in [1.54, 1.807) is 0 Å². The van der Waals surface area contributed by atoms with Gasteiger partial charge >= 0.3 is 0 Å². The van der Waals surface area contributed by atoms with E-state index in [4.69, 9.17) is 5.73 Å². The summed E-state index contributed by atoms with van der Waals surface area (Å²) in [6.07, 6.45) is 0.858. The van der Waals surface area contributed by atoms with Gasteiger partial charge in [0.25, 0.3) is 0 Å². The summed E-state index contributed by atoms with van der Waals surface area (Å²) in [6.45, 7) is 4.61. The van der Waals surface area contributed by atoms with E-state index >= 15 is 0 Å². The van der Waals surface area contributed by atoms with E-state index in [-0.39, 0.29) is 0 Å². The van der Waals surface area contributed by atoms with Crippen molar-refractivity contribution in [3.05, 3.63) is 40.9 Å². The van der Waals surface area contributed by atoms with Gasteiger partial charge in [-0.25, -0.2) is 0 Å². The molecule has 0 aliphatic carbocycles. The predicted molar refractivity (Wildman–Crippen MR) is 56.8 cm³/mol. The molecule has 0 amide bonds. The summed E-state index contributed by atoms with van der Waals surface area (Å²) < 4.78 is 1.08. The van der Waals surface area contributed by atoms with Crippen LogP contribution in [0.4, 0.5) is 0 Å². The van der Waals surface area contributed by atoms with Crippen LogP contribution in [0.25, 0.3) is 5.57 Å². The van der Waals surface area contributed by atoms with Crippen LogP contribution >= 0.6 is 15.9 Å². The Balaban J connectivity index is 2.81. The van der Waals surface area contributed by atoms with Crippen molar-refractivity contribution in [1.29, 1.82) is 0 Å². The van der Waals surface area contributed by atoms with E-state index in [1.807, 2.05) is 18.2 Å². The van der Waals surface area contributed by atoms with Gasteiger partial charge in [-0.2, -0.15) is 0 Å². The van der Waals surface area contributed by atoms with Crippen molar-refractivity contribution >= 4 is 21.5 Å². The molecule has 0 saturated carbocycles. The second-order valence-electron chi connectivity index (χ2n) is 2.65. The van der Waals surface area contributed by atoms with Gasteiger partial charge in [-0.05, 0) is 36.2 Å². The van der Waals surface area contributed by atoms with Gasteiger partial charge in [-0.3, -0.25) is 0 Å². The Bertz CT molecular complexity index is 281. The highest BCUT2D eigenvalue weighted by atomic mass is 79.9. The molecule has 0 heterocycles. The van der Waals surface area contributed by atoms with Gasteiger partial charge in [0.2, 0.25) is 0 Å². The van der Waals surface area contributed by atoms with Gasteiger partial charge in [-0.1, -0.05) is 34.6 Å². The fraction of sp³-hybridized carbons (Fsp3) is 0.200. The summed E-state index contributed by atoms with van der Waals surface area (Å²) in [5.41, 5.74) is 7.69. The van der Waals surface area contributed by atoms with Crippen molar-refractivity contribution in [1.82, 2.24) is 0 Å². The van der Waals surface area contributed by atoms with Crippen LogP contribution in [0.3, 0.4) is 0 Å². The van der Waals surface area contributed by atoms with Gasteiger partial charge in [0.1, 0.15) is 0 Å². The molecule has 0 bridgehead atoms. The Labute approximate surface area is 81.4 Å². The standard InChI is InChI=1S/C10H12BrN/c1-8(5-6-12)9-3-2-4-10(11)7-9/h2-4,7H,1,5-6,12H2. The number of hydrogen-bond acceptors (Lipinski definition) is 1. The molecule has 0 aliphatic rings. The van der Waals surface area contributed by atoms with E-state index < -0.39 is 0 Å². The first-order valence-corrected chi connectivity index (χ1v) is 4.67.